The Morgan fingerprint density at radius 3 is 2.81 bits per heavy atom. The molecule has 0 fully saturated rings. The van der Waals surface area contributed by atoms with E-state index in [1.54, 1.807) is 24.3 Å². The average Bonchev–Trinajstić information content (AvgIpc) is 2.24. The number of H-pyrrole nitrogens is 1. The van der Waals surface area contributed by atoms with E-state index in [0.29, 0.717) is 10.9 Å². The van der Waals surface area contributed by atoms with Crippen LogP contribution in [0.15, 0.2) is 29.1 Å². The van der Waals surface area contributed by atoms with Crippen molar-refractivity contribution in [1.29, 1.82) is 0 Å². The first-order valence-corrected chi connectivity index (χ1v) is 4.61. The fourth-order valence-corrected chi connectivity index (χ4v) is 1.55. The molecule has 82 valence electrons. The first-order chi connectivity index (χ1) is 7.59. The maximum Gasteiger partial charge on any atom is 0.441 e. The predicted molar refractivity (Wildman–Crippen MR) is 56.8 cm³/mol. The molecule has 0 saturated carbocycles. The van der Waals surface area contributed by atoms with E-state index in [2.05, 4.69) is 4.98 Å². The van der Waals surface area contributed by atoms with E-state index in [0.717, 1.165) is 4.57 Å². The van der Waals surface area contributed by atoms with Crippen LogP contribution in [-0.2, 0) is 11.3 Å². The van der Waals surface area contributed by atoms with Gasteiger partial charge in [0.2, 0.25) is 5.82 Å². The zero-order chi connectivity index (χ0) is 11.7. The molecule has 0 bridgehead atoms. The van der Waals surface area contributed by atoms with Crippen molar-refractivity contribution in [3.63, 3.8) is 0 Å². The number of aromatic nitrogens is 2. The summed E-state index contributed by atoms with van der Waals surface area (Å²) in [5.41, 5.74) is 5.81. The largest absolute Gasteiger partial charge is 0.479 e. The molecule has 6 heteroatoms. The fourth-order valence-electron chi connectivity index (χ4n) is 1.55. The third-order valence-corrected chi connectivity index (χ3v) is 2.27. The van der Waals surface area contributed by atoms with Gasteiger partial charge in [-0.2, -0.15) is 4.57 Å². The monoisotopic (exact) mass is 220 g/mol. The normalized spacial score (nSPS) is 10.5. The fraction of sp³-hybridized carbons (Fsp3) is 0.100. The Hall–Kier alpha value is -2.37. The van der Waals surface area contributed by atoms with Gasteiger partial charge in [-0.25, -0.2) is 14.6 Å². The molecule has 1 aromatic heterocycles. The molecular formula is C10H10N3O3+. The number of nitrogens with two attached hydrogens (primary N) is 1. The van der Waals surface area contributed by atoms with Gasteiger partial charge < -0.3 is 10.8 Å². The summed E-state index contributed by atoms with van der Waals surface area (Å²) >= 11 is 0. The summed E-state index contributed by atoms with van der Waals surface area (Å²) in [5, 5.41) is 9.29. The van der Waals surface area contributed by atoms with Crippen molar-refractivity contribution >= 4 is 22.7 Å². The Kier molecular flexibility index (Phi) is 2.32. The van der Waals surface area contributed by atoms with Crippen LogP contribution in [0, 0.1) is 0 Å². The summed E-state index contributed by atoms with van der Waals surface area (Å²) in [6, 6.07) is 6.96. The lowest BCUT2D eigenvalue weighted by atomic mass is 10.2. The molecule has 0 aliphatic heterocycles. The van der Waals surface area contributed by atoms with E-state index in [4.69, 9.17) is 10.8 Å². The molecule has 4 N–H and O–H groups in total. The molecule has 0 unspecified atom stereocenters. The van der Waals surface area contributed by atoms with Gasteiger partial charge in [-0.15, -0.1) is 0 Å². The van der Waals surface area contributed by atoms with Crippen LogP contribution in [0.2, 0.25) is 0 Å². The second-order valence-corrected chi connectivity index (χ2v) is 3.34. The van der Waals surface area contributed by atoms with Crippen LogP contribution >= 0.6 is 0 Å². The van der Waals surface area contributed by atoms with Crippen LogP contribution in [0.4, 0.5) is 5.82 Å². The van der Waals surface area contributed by atoms with E-state index >= 15 is 0 Å². The third kappa shape index (κ3) is 1.60. The highest BCUT2D eigenvalue weighted by Gasteiger charge is 2.15. The molecule has 2 rings (SSSR count). The number of hydrogen-bond acceptors (Lipinski definition) is 3. The molecule has 1 aromatic carbocycles. The first-order valence-electron chi connectivity index (χ1n) is 4.61. The molecule has 6 nitrogen and oxygen atoms in total. The molecule has 0 radical (unpaired) electrons. The Labute approximate surface area is 89.9 Å². The average molecular weight is 220 g/mol. The number of rotatable bonds is 2. The Morgan fingerprint density at radius 2 is 2.12 bits per heavy atom. The summed E-state index contributed by atoms with van der Waals surface area (Å²) in [7, 11) is 0. The van der Waals surface area contributed by atoms with Crippen molar-refractivity contribution in [2.45, 2.75) is 6.54 Å². The van der Waals surface area contributed by atoms with Crippen molar-refractivity contribution in [2.75, 3.05) is 5.73 Å². The second-order valence-electron chi connectivity index (χ2n) is 3.34. The maximum absolute atomic E-state index is 11.6. The SMILES string of the molecule is Nc1c2ccccc2[nH]c(=O)[n+]1CC(=O)O. The summed E-state index contributed by atoms with van der Waals surface area (Å²) < 4.78 is 0.991. The molecule has 0 saturated heterocycles. The van der Waals surface area contributed by atoms with Gasteiger partial charge in [-0.3, -0.25) is 0 Å². The number of benzene rings is 1. The molecular weight excluding hydrogens is 210 g/mol. The topological polar surface area (TPSA) is 100 Å². The molecule has 16 heavy (non-hydrogen) atoms. The Morgan fingerprint density at radius 1 is 1.44 bits per heavy atom. The van der Waals surface area contributed by atoms with Gasteiger partial charge in [0.15, 0.2) is 6.54 Å². The number of nitrogens with zero attached hydrogens (tertiary/aromatic N) is 1. The molecule has 1 heterocycles. The number of aromatic amines is 1. The lowest BCUT2D eigenvalue weighted by Gasteiger charge is -2.02. The Balaban J connectivity index is 2.75. The third-order valence-electron chi connectivity index (χ3n) is 2.27. The minimum Gasteiger partial charge on any atom is -0.479 e. The van der Waals surface area contributed by atoms with Gasteiger partial charge in [0.1, 0.15) is 5.52 Å². The molecule has 2 aromatic rings. The number of fused-ring (bicyclic) bond motifs is 1. The minimum atomic E-state index is -1.11. The minimum absolute atomic E-state index is 0.154. The lowest BCUT2D eigenvalue weighted by molar-refractivity contribution is -0.687. The van der Waals surface area contributed by atoms with Crippen molar-refractivity contribution in [1.82, 2.24) is 4.98 Å². The van der Waals surface area contributed by atoms with Crippen LogP contribution in [0.5, 0.6) is 0 Å². The molecule has 0 aliphatic carbocycles. The highest BCUT2D eigenvalue weighted by molar-refractivity contribution is 5.86. The lowest BCUT2D eigenvalue weighted by Crippen LogP contribution is -2.55. The number of hydrogen-bond donors (Lipinski definition) is 3. The quantitative estimate of drug-likeness (QED) is 0.593. The van der Waals surface area contributed by atoms with Crippen LogP contribution < -0.4 is 16.0 Å². The molecule has 0 amide bonds. The number of carbonyl (C=O) groups is 1. The summed E-state index contributed by atoms with van der Waals surface area (Å²) in [4.78, 5) is 24.7. The Bertz CT molecular complexity index is 618. The second kappa shape index (κ2) is 3.65. The smallest absolute Gasteiger partial charge is 0.441 e. The van der Waals surface area contributed by atoms with Gasteiger partial charge in [0, 0.05) is 0 Å². The van der Waals surface area contributed by atoms with Gasteiger partial charge in [0.05, 0.1) is 5.39 Å². The number of carboxylic acid groups (broad SMARTS) is 1. The van der Waals surface area contributed by atoms with E-state index in [1.807, 2.05) is 0 Å². The van der Waals surface area contributed by atoms with E-state index in [9.17, 15) is 9.59 Å². The number of carboxylic acids is 1. The van der Waals surface area contributed by atoms with E-state index < -0.39 is 18.2 Å². The number of nitrogen functional groups attached to an aromatic ring is 1. The first kappa shape index (κ1) is 10.2. The van der Waals surface area contributed by atoms with Gasteiger partial charge >= 0.3 is 11.7 Å². The standard InChI is InChI=1S/C10H9N3O3/c11-9-6-3-1-2-4-7(6)12-10(16)13(9)5-8(14)15/h1-4H,5H2,(H3,11,12,14,15,16)/p+1. The number of para-hydroxylation sites is 1. The van der Waals surface area contributed by atoms with Crippen molar-refractivity contribution < 1.29 is 14.5 Å². The van der Waals surface area contributed by atoms with Crippen molar-refractivity contribution in [2.24, 2.45) is 0 Å². The number of anilines is 1. The molecule has 0 spiro atoms. The maximum atomic E-state index is 11.6. The summed E-state index contributed by atoms with van der Waals surface area (Å²) in [6.07, 6.45) is 0. The highest BCUT2D eigenvalue weighted by Crippen LogP contribution is 2.12. The van der Waals surface area contributed by atoms with Gasteiger partial charge in [-0.05, 0) is 12.1 Å². The van der Waals surface area contributed by atoms with Gasteiger partial charge in [-0.1, -0.05) is 12.1 Å². The molecule has 0 atom stereocenters. The van der Waals surface area contributed by atoms with Crippen LogP contribution in [0.25, 0.3) is 10.9 Å². The summed E-state index contributed by atoms with van der Waals surface area (Å²) in [6.45, 7) is -0.452. The van der Waals surface area contributed by atoms with E-state index in [-0.39, 0.29) is 5.82 Å². The van der Waals surface area contributed by atoms with Crippen molar-refractivity contribution in [3.8, 4) is 0 Å². The highest BCUT2D eigenvalue weighted by atomic mass is 16.4. The summed E-state index contributed by atoms with van der Waals surface area (Å²) in [5.74, 6) is -0.959. The van der Waals surface area contributed by atoms with Crippen LogP contribution in [0.3, 0.4) is 0 Å². The number of aliphatic carboxylic acids is 1. The van der Waals surface area contributed by atoms with Crippen LogP contribution in [0.1, 0.15) is 0 Å². The van der Waals surface area contributed by atoms with Crippen LogP contribution in [-0.4, -0.2) is 16.1 Å². The predicted octanol–water partition coefficient (Wildman–Crippen LogP) is -0.518. The zero-order valence-corrected chi connectivity index (χ0v) is 8.30. The zero-order valence-electron chi connectivity index (χ0n) is 8.30. The van der Waals surface area contributed by atoms with Gasteiger partial charge in [0.25, 0.3) is 0 Å². The number of nitrogens with one attached hydrogen (secondary N) is 1. The van der Waals surface area contributed by atoms with E-state index in [1.165, 1.54) is 0 Å². The van der Waals surface area contributed by atoms with Crippen molar-refractivity contribution in [3.05, 3.63) is 34.7 Å². The molecule has 0 aliphatic rings.